The molecule has 140 valence electrons. The van der Waals surface area contributed by atoms with Crippen molar-refractivity contribution in [3.8, 4) is 5.75 Å². The molecule has 7 nitrogen and oxygen atoms in total. The Balaban J connectivity index is 1.30. The number of hydrogen-bond donors (Lipinski definition) is 0. The van der Waals surface area contributed by atoms with E-state index in [0.717, 1.165) is 31.6 Å². The third-order valence-corrected chi connectivity index (χ3v) is 5.28. The summed E-state index contributed by atoms with van der Waals surface area (Å²) in [5.74, 6) is 1.05. The Bertz CT molecular complexity index is 666. The standard InChI is InChI=1S/C19H24N2O5/c22-17(20-8-5-14(6-9-20)19-24-11-12-25-19)7-10-21-15-3-1-2-4-16(15)26-13-18(21)23/h1-4,14,19H,5-13H2. The van der Waals surface area contributed by atoms with Gasteiger partial charge in [0.25, 0.3) is 5.91 Å². The largest absolute Gasteiger partial charge is 0.482 e. The molecule has 0 radical (unpaired) electrons. The molecule has 3 heterocycles. The Morgan fingerprint density at radius 3 is 2.62 bits per heavy atom. The monoisotopic (exact) mass is 360 g/mol. The second-order valence-electron chi connectivity index (χ2n) is 6.88. The summed E-state index contributed by atoms with van der Waals surface area (Å²) in [6.07, 6.45) is 2.02. The van der Waals surface area contributed by atoms with Gasteiger partial charge in [-0.3, -0.25) is 9.59 Å². The number of benzene rings is 1. The molecule has 0 atom stereocenters. The zero-order valence-electron chi connectivity index (χ0n) is 14.8. The topological polar surface area (TPSA) is 68.3 Å². The summed E-state index contributed by atoms with van der Waals surface area (Å²) in [7, 11) is 0. The van der Waals surface area contributed by atoms with Gasteiger partial charge in [-0.1, -0.05) is 12.1 Å². The van der Waals surface area contributed by atoms with Crippen LogP contribution in [0.15, 0.2) is 24.3 Å². The number of likely N-dealkylation sites (tertiary alicyclic amines) is 1. The van der Waals surface area contributed by atoms with E-state index in [2.05, 4.69) is 0 Å². The molecule has 2 saturated heterocycles. The number of fused-ring (bicyclic) bond motifs is 1. The molecule has 0 aromatic heterocycles. The number of carbonyl (C=O) groups excluding carboxylic acids is 2. The van der Waals surface area contributed by atoms with Gasteiger partial charge < -0.3 is 24.0 Å². The first-order valence-electron chi connectivity index (χ1n) is 9.25. The van der Waals surface area contributed by atoms with Gasteiger partial charge >= 0.3 is 0 Å². The summed E-state index contributed by atoms with van der Waals surface area (Å²) in [6, 6.07) is 7.44. The van der Waals surface area contributed by atoms with Crippen LogP contribution >= 0.6 is 0 Å². The zero-order valence-corrected chi connectivity index (χ0v) is 14.8. The molecular formula is C19H24N2O5. The lowest BCUT2D eigenvalue weighted by molar-refractivity contribution is -0.136. The molecule has 2 amide bonds. The van der Waals surface area contributed by atoms with Crippen molar-refractivity contribution in [2.45, 2.75) is 25.6 Å². The van der Waals surface area contributed by atoms with E-state index in [1.807, 2.05) is 29.2 Å². The van der Waals surface area contributed by atoms with Gasteiger partial charge in [-0.05, 0) is 25.0 Å². The number of para-hydroxylation sites is 2. The van der Waals surface area contributed by atoms with Crippen LogP contribution in [0.4, 0.5) is 5.69 Å². The van der Waals surface area contributed by atoms with Gasteiger partial charge in [0.05, 0.1) is 18.9 Å². The molecule has 0 aliphatic carbocycles. The lowest BCUT2D eigenvalue weighted by Gasteiger charge is -2.34. The zero-order chi connectivity index (χ0) is 17.9. The van der Waals surface area contributed by atoms with E-state index < -0.39 is 0 Å². The van der Waals surface area contributed by atoms with E-state index in [4.69, 9.17) is 14.2 Å². The Labute approximate surface area is 152 Å². The SMILES string of the molecule is O=C(CCN1C(=O)COc2ccccc21)N1CCC(C2OCCO2)CC1. The van der Waals surface area contributed by atoms with Gasteiger partial charge in [-0.2, -0.15) is 0 Å². The second kappa shape index (κ2) is 7.63. The molecule has 4 rings (SSSR count). The molecule has 3 aliphatic heterocycles. The Morgan fingerprint density at radius 1 is 1.12 bits per heavy atom. The maximum atomic E-state index is 12.6. The van der Waals surface area contributed by atoms with Crippen LogP contribution in [0.2, 0.25) is 0 Å². The summed E-state index contributed by atoms with van der Waals surface area (Å²) in [5.41, 5.74) is 0.741. The van der Waals surface area contributed by atoms with Crippen molar-refractivity contribution in [1.29, 1.82) is 0 Å². The summed E-state index contributed by atoms with van der Waals surface area (Å²) < 4.78 is 16.6. The molecule has 1 aromatic rings. The number of nitrogens with zero attached hydrogens (tertiary/aromatic N) is 2. The van der Waals surface area contributed by atoms with Crippen molar-refractivity contribution in [3.05, 3.63) is 24.3 Å². The third kappa shape index (κ3) is 3.54. The average molecular weight is 360 g/mol. The molecule has 7 heteroatoms. The fourth-order valence-corrected chi connectivity index (χ4v) is 3.83. The van der Waals surface area contributed by atoms with Gasteiger partial charge in [0.15, 0.2) is 12.9 Å². The summed E-state index contributed by atoms with van der Waals surface area (Å²) in [6.45, 7) is 3.18. The molecule has 0 unspecified atom stereocenters. The van der Waals surface area contributed by atoms with Gasteiger partial charge in [0.1, 0.15) is 5.75 Å². The van der Waals surface area contributed by atoms with Crippen LogP contribution in [0.5, 0.6) is 5.75 Å². The number of amides is 2. The van der Waals surface area contributed by atoms with Gasteiger partial charge in [0, 0.05) is 32.0 Å². The van der Waals surface area contributed by atoms with Crippen molar-refractivity contribution in [1.82, 2.24) is 4.90 Å². The smallest absolute Gasteiger partial charge is 0.265 e. The molecule has 0 bridgehead atoms. The fourth-order valence-electron chi connectivity index (χ4n) is 3.83. The highest BCUT2D eigenvalue weighted by atomic mass is 16.7. The van der Waals surface area contributed by atoms with Crippen molar-refractivity contribution >= 4 is 17.5 Å². The van der Waals surface area contributed by atoms with Crippen molar-refractivity contribution in [2.24, 2.45) is 5.92 Å². The minimum Gasteiger partial charge on any atom is -0.482 e. The first-order valence-corrected chi connectivity index (χ1v) is 9.25. The number of hydrogen-bond acceptors (Lipinski definition) is 5. The van der Waals surface area contributed by atoms with Crippen LogP contribution in [0.1, 0.15) is 19.3 Å². The van der Waals surface area contributed by atoms with Crippen LogP contribution in [-0.2, 0) is 19.1 Å². The van der Waals surface area contributed by atoms with Crippen molar-refractivity contribution in [2.75, 3.05) is 44.4 Å². The van der Waals surface area contributed by atoms with Crippen LogP contribution in [0, 0.1) is 5.92 Å². The Hall–Kier alpha value is -2.12. The van der Waals surface area contributed by atoms with Crippen LogP contribution < -0.4 is 9.64 Å². The molecular weight excluding hydrogens is 336 g/mol. The van der Waals surface area contributed by atoms with Gasteiger partial charge in [0.2, 0.25) is 5.91 Å². The van der Waals surface area contributed by atoms with E-state index in [9.17, 15) is 9.59 Å². The Kier molecular flexibility index (Phi) is 5.08. The number of piperidine rings is 1. The predicted molar refractivity (Wildman–Crippen MR) is 93.9 cm³/mol. The minimum atomic E-state index is -0.106. The lowest BCUT2D eigenvalue weighted by atomic mass is 9.96. The highest BCUT2D eigenvalue weighted by Crippen LogP contribution is 2.31. The molecule has 0 spiro atoms. The van der Waals surface area contributed by atoms with Gasteiger partial charge in [-0.15, -0.1) is 0 Å². The molecule has 26 heavy (non-hydrogen) atoms. The van der Waals surface area contributed by atoms with Gasteiger partial charge in [-0.25, -0.2) is 0 Å². The highest BCUT2D eigenvalue weighted by molar-refractivity contribution is 5.98. The number of rotatable bonds is 4. The van der Waals surface area contributed by atoms with E-state index in [1.165, 1.54) is 0 Å². The third-order valence-electron chi connectivity index (χ3n) is 5.28. The molecule has 0 N–H and O–H groups in total. The van der Waals surface area contributed by atoms with E-state index in [-0.39, 0.29) is 24.7 Å². The molecule has 2 fully saturated rings. The minimum absolute atomic E-state index is 0.0258. The van der Waals surface area contributed by atoms with E-state index in [1.54, 1.807) is 4.90 Å². The first-order chi connectivity index (χ1) is 12.7. The van der Waals surface area contributed by atoms with E-state index in [0.29, 0.717) is 37.8 Å². The maximum Gasteiger partial charge on any atom is 0.265 e. The van der Waals surface area contributed by atoms with Crippen LogP contribution in [-0.4, -0.2) is 62.5 Å². The van der Waals surface area contributed by atoms with Crippen LogP contribution in [0.3, 0.4) is 0 Å². The Morgan fingerprint density at radius 2 is 1.85 bits per heavy atom. The first kappa shape index (κ1) is 17.3. The normalized spacial score (nSPS) is 21.6. The summed E-state index contributed by atoms with van der Waals surface area (Å²) >= 11 is 0. The summed E-state index contributed by atoms with van der Waals surface area (Å²) in [5, 5.41) is 0. The molecule has 0 saturated carbocycles. The highest BCUT2D eigenvalue weighted by Gasteiger charge is 2.32. The van der Waals surface area contributed by atoms with Crippen molar-refractivity contribution < 1.29 is 23.8 Å². The predicted octanol–water partition coefficient (Wildman–Crippen LogP) is 1.41. The van der Waals surface area contributed by atoms with Crippen molar-refractivity contribution in [3.63, 3.8) is 0 Å². The quantitative estimate of drug-likeness (QED) is 0.812. The second-order valence-corrected chi connectivity index (χ2v) is 6.88. The number of carbonyl (C=O) groups is 2. The summed E-state index contributed by atoms with van der Waals surface area (Å²) in [4.78, 5) is 28.3. The fraction of sp³-hybridized carbons (Fsp3) is 0.579. The number of anilines is 1. The number of ether oxygens (including phenoxy) is 3. The molecule has 3 aliphatic rings. The molecule has 1 aromatic carbocycles. The van der Waals surface area contributed by atoms with Crippen LogP contribution in [0.25, 0.3) is 0 Å². The van der Waals surface area contributed by atoms with E-state index >= 15 is 0 Å². The lowest BCUT2D eigenvalue weighted by Crippen LogP contribution is -2.44. The maximum absolute atomic E-state index is 12.6. The average Bonchev–Trinajstić information content (AvgIpc) is 3.22.